The van der Waals surface area contributed by atoms with Crippen LogP contribution in [-0.2, 0) is 0 Å². The number of hydrogen-bond acceptors (Lipinski definition) is 2. The highest BCUT2D eigenvalue weighted by Crippen LogP contribution is 1.93. The van der Waals surface area contributed by atoms with Crippen molar-refractivity contribution in [3.05, 3.63) is 28.6 Å². The molecule has 1 aromatic rings. The van der Waals surface area contributed by atoms with Crippen LogP contribution in [0, 0.1) is 0 Å². The first-order valence-corrected chi connectivity index (χ1v) is 5.04. The molecule has 0 fully saturated rings. The monoisotopic (exact) mass is 190 g/mol. The third kappa shape index (κ3) is 2.08. The van der Waals surface area contributed by atoms with E-state index in [1.165, 1.54) is 0 Å². The lowest BCUT2D eigenvalue weighted by molar-refractivity contribution is 1.17. The normalized spacial score (nSPS) is 14.3. The molecular formula is C12H18N2. The first-order chi connectivity index (χ1) is 6.70. The van der Waals surface area contributed by atoms with E-state index < -0.39 is 0 Å². The molecule has 1 aromatic carbocycles. The van der Waals surface area contributed by atoms with Gasteiger partial charge in [0.25, 0.3) is 0 Å². The molecule has 0 aromatic heterocycles. The van der Waals surface area contributed by atoms with Crippen LogP contribution in [0.1, 0.15) is 26.7 Å². The molecule has 0 atom stereocenters. The Hall–Kier alpha value is -1.44. The Balaban J connectivity index is 3.62. The van der Waals surface area contributed by atoms with Crippen LogP contribution in [0.2, 0.25) is 0 Å². The van der Waals surface area contributed by atoms with Crippen molar-refractivity contribution < 1.29 is 0 Å². The van der Waals surface area contributed by atoms with Gasteiger partial charge in [0.05, 0.1) is 0 Å². The molecule has 0 unspecified atom stereocenters. The van der Waals surface area contributed by atoms with Crippen LogP contribution in [0.25, 0.3) is 11.8 Å². The van der Waals surface area contributed by atoms with E-state index in [2.05, 4.69) is 19.1 Å². The zero-order chi connectivity index (χ0) is 10.6. The van der Waals surface area contributed by atoms with Crippen LogP contribution in [0.3, 0.4) is 0 Å². The van der Waals surface area contributed by atoms with Crippen LogP contribution in [0.5, 0.6) is 0 Å². The van der Waals surface area contributed by atoms with Gasteiger partial charge in [-0.3, -0.25) is 0 Å². The van der Waals surface area contributed by atoms with Crippen molar-refractivity contribution in [1.29, 1.82) is 0 Å². The van der Waals surface area contributed by atoms with E-state index in [0.717, 1.165) is 34.7 Å². The minimum Gasteiger partial charge on any atom is -0.401 e. The van der Waals surface area contributed by atoms with Crippen molar-refractivity contribution in [2.24, 2.45) is 5.73 Å². The fraction of sp³-hybridized carbons (Fsp3) is 0.333. The predicted octanol–water partition coefficient (Wildman–Crippen LogP) is 0.936. The number of anilines is 1. The van der Waals surface area contributed by atoms with Gasteiger partial charge >= 0.3 is 0 Å². The summed E-state index contributed by atoms with van der Waals surface area (Å²) in [6.07, 6.45) is 3.97. The average Bonchev–Trinajstić information content (AvgIpc) is 2.18. The summed E-state index contributed by atoms with van der Waals surface area (Å²) >= 11 is 0. The molecule has 0 saturated heterocycles. The molecule has 2 nitrogen and oxygen atoms in total. The molecule has 1 rings (SSSR count). The molecule has 0 aliphatic rings. The number of nitrogens with two attached hydrogens (primary N) is 2. The highest BCUT2D eigenvalue weighted by atomic mass is 14.6. The predicted molar refractivity (Wildman–Crippen MR) is 62.7 cm³/mol. The Morgan fingerprint density at radius 1 is 1.36 bits per heavy atom. The first kappa shape index (κ1) is 10.6. The summed E-state index contributed by atoms with van der Waals surface area (Å²) in [5.74, 6) is 0. The highest BCUT2D eigenvalue weighted by Gasteiger charge is 1.95. The second-order valence-electron chi connectivity index (χ2n) is 3.30. The quantitative estimate of drug-likeness (QED) is 0.682. The molecule has 0 radical (unpaired) electrons. The van der Waals surface area contributed by atoms with Gasteiger partial charge in [-0.15, -0.1) is 0 Å². The molecule has 76 valence electrons. The summed E-state index contributed by atoms with van der Waals surface area (Å²) in [5, 5.41) is 2.16. The van der Waals surface area contributed by atoms with Gasteiger partial charge in [0.1, 0.15) is 0 Å². The van der Waals surface area contributed by atoms with Gasteiger partial charge in [-0.1, -0.05) is 32.1 Å². The third-order valence-electron chi connectivity index (χ3n) is 2.25. The molecule has 0 saturated carbocycles. The second-order valence-corrected chi connectivity index (χ2v) is 3.30. The molecule has 14 heavy (non-hydrogen) atoms. The molecule has 4 N–H and O–H groups in total. The Bertz CT molecular complexity index is 418. The van der Waals surface area contributed by atoms with Gasteiger partial charge in [-0.2, -0.15) is 0 Å². The standard InChI is InChI=1S/C12H18N2/c1-3-6-9-7-5-8-11(14)12(9)10(13)4-2/h5-8H,3-4,13-14H2,1-2H3/b9-6-,12-10-. The molecule has 0 aliphatic heterocycles. The molecule has 2 heteroatoms. The lowest BCUT2D eigenvalue weighted by Crippen LogP contribution is -2.32. The second kappa shape index (κ2) is 4.70. The van der Waals surface area contributed by atoms with Crippen molar-refractivity contribution in [3.8, 4) is 0 Å². The molecule has 0 amide bonds. The lowest BCUT2D eigenvalue weighted by atomic mass is 10.1. The Labute approximate surface area is 84.9 Å². The van der Waals surface area contributed by atoms with Crippen molar-refractivity contribution in [3.63, 3.8) is 0 Å². The molecule has 0 aliphatic carbocycles. The van der Waals surface area contributed by atoms with Gasteiger partial charge in [0.15, 0.2) is 0 Å². The Kier molecular flexibility index (Phi) is 3.57. The van der Waals surface area contributed by atoms with Crippen molar-refractivity contribution in [1.82, 2.24) is 0 Å². The van der Waals surface area contributed by atoms with Crippen LogP contribution in [0.15, 0.2) is 18.2 Å². The van der Waals surface area contributed by atoms with E-state index >= 15 is 0 Å². The van der Waals surface area contributed by atoms with Gasteiger partial charge in [-0.25, -0.2) is 0 Å². The van der Waals surface area contributed by atoms with E-state index in [-0.39, 0.29) is 0 Å². The summed E-state index contributed by atoms with van der Waals surface area (Å²) in [5.41, 5.74) is 13.5. The first-order valence-electron chi connectivity index (χ1n) is 5.04. The van der Waals surface area contributed by atoms with E-state index in [4.69, 9.17) is 11.5 Å². The molecule has 0 spiro atoms. The van der Waals surface area contributed by atoms with Crippen molar-refractivity contribution in [2.45, 2.75) is 26.7 Å². The Morgan fingerprint density at radius 2 is 2.07 bits per heavy atom. The fourth-order valence-corrected chi connectivity index (χ4v) is 1.53. The summed E-state index contributed by atoms with van der Waals surface area (Å²) in [6, 6.07) is 5.91. The SMILES string of the molecule is CC/C=c1/cccc(N)/c1=C(\N)CC. The van der Waals surface area contributed by atoms with E-state index in [1.54, 1.807) is 0 Å². The van der Waals surface area contributed by atoms with Gasteiger partial charge in [-0.05, 0) is 24.1 Å². The summed E-state index contributed by atoms with van der Waals surface area (Å²) in [6.45, 7) is 4.15. The van der Waals surface area contributed by atoms with Crippen LogP contribution in [0.4, 0.5) is 5.69 Å². The third-order valence-corrected chi connectivity index (χ3v) is 2.25. The lowest BCUT2D eigenvalue weighted by Gasteiger charge is -2.01. The largest absolute Gasteiger partial charge is 0.401 e. The molecule has 0 heterocycles. The van der Waals surface area contributed by atoms with Crippen molar-refractivity contribution in [2.75, 3.05) is 5.73 Å². The number of rotatable bonds is 2. The topological polar surface area (TPSA) is 52.0 Å². The van der Waals surface area contributed by atoms with Crippen molar-refractivity contribution >= 4 is 17.5 Å². The maximum absolute atomic E-state index is 5.94. The maximum Gasteiger partial charge on any atom is 0.0411 e. The van der Waals surface area contributed by atoms with Crippen LogP contribution >= 0.6 is 0 Å². The minimum atomic E-state index is 0.770. The minimum absolute atomic E-state index is 0.770. The van der Waals surface area contributed by atoms with E-state index in [0.29, 0.717) is 0 Å². The number of hydrogen-bond donors (Lipinski definition) is 2. The van der Waals surface area contributed by atoms with E-state index in [9.17, 15) is 0 Å². The van der Waals surface area contributed by atoms with Gasteiger partial charge in [0, 0.05) is 16.6 Å². The number of nitrogen functional groups attached to an aromatic ring is 1. The number of benzene rings is 1. The smallest absolute Gasteiger partial charge is 0.0411 e. The average molecular weight is 190 g/mol. The fourth-order valence-electron chi connectivity index (χ4n) is 1.53. The highest BCUT2D eigenvalue weighted by molar-refractivity contribution is 5.53. The van der Waals surface area contributed by atoms with Gasteiger partial charge < -0.3 is 11.5 Å². The zero-order valence-corrected chi connectivity index (χ0v) is 8.88. The maximum atomic E-state index is 5.94. The van der Waals surface area contributed by atoms with Crippen LogP contribution in [-0.4, -0.2) is 0 Å². The van der Waals surface area contributed by atoms with Crippen LogP contribution < -0.4 is 21.9 Å². The zero-order valence-electron chi connectivity index (χ0n) is 8.88. The summed E-state index contributed by atoms with van der Waals surface area (Å²) < 4.78 is 0. The molecular weight excluding hydrogens is 172 g/mol. The summed E-state index contributed by atoms with van der Waals surface area (Å²) in [7, 11) is 0. The van der Waals surface area contributed by atoms with E-state index in [1.807, 2.05) is 19.1 Å². The summed E-state index contributed by atoms with van der Waals surface area (Å²) in [4.78, 5) is 0. The molecule has 0 bridgehead atoms. The van der Waals surface area contributed by atoms with Gasteiger partial charge in [0.2, 0.25) is 0 Å². The Morgan fingerprint density at radius 3 is 2.64 bits per heavy atom.